The number of ether oxygens (including phenoxy) is 1. The molecule has 4 N–H and O–H groups in total. The number of nitrogens with one attached hydrogen (secondary N) is 1. The lowest BCUT2D eigenvalue weighted by molar-refractivity contribution is -0.143. The molecule has 7 heteroatoms. The van der Waals surface area contributed by atoms with Crippen LogP contribution in [0.15, 0.2) is 12.1 Å². The summed E-state index contributed by atoms with van der Waals surface area (Å²) in [5.41, 5.74) is 5.33. The predicted octanol–water partition coefficient (Wildman–Crippen LogP) is 0.457. The minimum Gasteiger partial charge on any atom is -0.490 e. The number of hydrogen-bond donors (Lipinski definition) is 3. The summed E-state index contributed by atoms with van der Waals surface area (Å²) in [6.45, 7) is 0.543. The molecule has 0 radical (unpaired) electrons. The van der Waals surface area contributed by atoms with Crippen LogP contribution in [0.5, 0.6) is 0 Å². The molecule has 0 aromatic carbocycles. The van der Waals surface area contributed by atoms with Gasteiger partial charge in [-0.15, -0.1) is 0 Å². The zero-order valence-electron chi connectivity index (χ0n) is 9.22. The first-order valence-corrected chi connectivity index (χ1v) is 4.93. The second-order valence-corrected chi connectivity index (χ2v) is 3.13. The molecule has 0 aromatic heterocycles. The summed E-state index contributed by atoms with van der Waals surface area (Å²) in [4.78, 5) is 13.9. The van der Waals surface area contributed by atoms with Crippen LogP contribution >= 0.6 is 0 Å². The number of unbranched alkanes of at least 4 members (excludes halogenated alkanes) is 1. The third kappa shape index (κ3) is 5.82. The molecule has 7 nitrogen and oxygen atoms in total. The number of hydrogen-bond acceptors (Lipinski definition) is 6. The number of nitrogens with two attached hydrogens (primary N) is 1. The van der Waals surface area contributed by atoms with Crippen molar-refractivity contribution in [3.63, 3.8) is 0 Å². The van der Waals surface area contributed by atoms with Crippen LogP contribution in [0.1, 0.15) is 19.3 Å². The Morgan fingerprint density at radius 3 is 2.88 bits per heavy atom. The summed E-state index contributed by atoms with van der Waals surface area (Å²) in [6, 6.07) is -0.672. The molecule has 0 aromatic rings. The monoisotopic (exact) mass is 229 g/mol. The van der Waals surface area contributed by atoms with Gasteiger partial charge in [0.05, 0.1) is 7.11 Å². The van der Waals surface area contributed by atoms with E-state index in [-0.39, 0.29) is 0 Å². The molecule has 0 spiro atoms. The lowest BCUT2D eigenvalue weighted by Crippen LogP contribution is -2.37. The van der Waals surface area contributed by atoms with Gasteiger partial charge >= 0.3 is 12.2 Å². The Bertz CT molecular complexity index is 285. The van der Waals surface area contributed by atoms with E-state index in [0.717, 1.165) is 19.0 Å². The summed E-state index contributed by atoms with van der Waals surface area (Å²) in [5, 5.41) is 19.8. The van der Waals surface area contributed by atoms with Crippen LogP contribution in [0.4, 0.5) is 0 Å². The van der Waals surface area contributed by atoms with E-state index < -0.39 is 17.9 Å². The molecule has 0 amide bonds. The van der Waals surface area contributed by atoms with Crippen molar-refractivity contribution in [2.24, 2.45) is 5.73 Å². The predicted molar refractivity (Wildman–Crippen MR) is 57.6 cm³/mol. The standard InChI is InChI=1S/C9H16N4O3/c1-16-9(15)7(4-2-3-5-10)13-8(14)6-12-11/h6-7,13H,2-5,10H2,1H3/p+1/b8-6-/t7-/m0/s1. The van der Waals surface area contributed by atoms with Crippen LogP contribution in [0.25, 0.3) is 4.98 Å². The number of aliphatic hydroxyl groups is 1. The maximum absolute atomic E-state index is 11.3. The minimum absolute atomic E-state index is 0.398. The van der Waals surface area contributed by atoms with Gasteiger partial charge in [-0.25, -0.2) is 4.79 Å². The van der Waals surface area contributed by atoms with Crippen LogP contribution in [-0.4, -0.2) is 30.8 Å². The molecule has 0 fully saturated rings. The highest BCUT2D eigenvalue weighted by atomic mass is 16.5. The molecule has 0 rings (SSSR count). The average Bonchev–Trinajstić information content (AvgIpc) is 2.27. The van der Waals surface area contributed by atoms with Gasteiger partial charge in [0.15, 0.2) is 4.98 Å². The Morgan fingerprint density at radius 2 is 2.38 bits per heavy atom. The molecular weight excluding hydrogens is 212 g/mol. The zero-order valence-corrected chi connectivity index (χ0v) is 9.22. The van der Waals surface area contributed by atoms with E-state index in [1.54, 1.807) is 0 Å². The van der Waals surface area contributed by atoms with Crippen molar-refractivity contribution < 1.29 is 14.6 Å². The number of methoxy groups -OCH3 is 1. The van der Waals surface area contributed by atoms with Crippen LogP contribution in [0, 0.1) is 5.39 Å². The molecule has 0 saturated carbocycles. The average molecular weight is 229 g/mol. The smallest absolute Gasteiger partial charge is 0.409 e. The largest absolute Gasteiger partial charge is 0.490 e. The van der Waals surface area contributed by atoms with E-state index in [4.69, 9.17) is 11.1 Å². The number of nitrogens with zero attached hydrogens (tertiary/aromatic N) is 2. The molecule has 16 heavy (non-hydrogen) atoms. The third-order valence-corrected chi connectivity index (χ3v) is 1.93. The van der Waals surface area contributed by atoms with Crippen molar-refractivity contribution in [1.29, 1.82) is 5.39 Å². The van der Waals surface area contributed by atoms with E-state index in [1.807, 2.05) is 0 Å². The van der Waals surface area contributed by atoms with Crippen LogP contribution < -0.4 is 11.1 Å². The van der Waals surface area contributed by atoms with Gasteiger partial charge in [-0.2, -0.15) is 0 Å². The van der Waals surface area contributed by atoms with Gasteiger partial charge in [0, 0.05) is 0 Å². The molecule has 0 aliphatic carbocycles. The number of rotatable bonds is 7. The maximum atomic E-state index is 11.3. The van der Waals surface area contributed by atoms with Gasteiger partial charge in [-0.05, 0) is 25.8 Å². The van der Waals surface area contributed by atoms with E-state index in [9.17, 15) is 9.90 Å². The number of carbonyl (C=O) groups is 1. The number of diazo groups is 1. The number of aliphatic hydroxyl groups excluding tert-OH is 1. The first-order valence-electron chi connectivity index (χ1n) is 4.93. The molecule has 0 aliphatic rings. The molecule has 90 valence electrons. The Balaban J connectivity index is 4.27. The van der Waals surface area contributed by atoms with Crippen molar-refractivity contribution >= 4 is 5.97 Å². The van der Waals surface area contributed by atoms with E-state index in [2.05, 4.69) is 15.0 Å². The second-order valence-electron chi connectivity index (χ2n) is 3.13. The van der Waals surface area contributed by atoms with E-state index in [0.29, 0.717) is 13.0 Å². The molecular formula is C9H17N4O3+. The Morgan fingerprint density at radius 1 is 1.69 bits per heavy atom. The first-order chi connectivity index (χ1) is 7.65. The highest BCUT2D eigenvalue weighted by Gasteiger charge is 2.20. The third-order valence-electron chi connectivity index (χ3n) is 1.93. The Kier molecular flexibility index (Phi) is 7.53. The quantitative estimate of drug-likeness (QED) is 0.253. The summed E-state index contributed by atoms with van der Waals surface area (Å²) in [5.74, 6) is -0.888. The number of carbonyl (C=O) groups excluding carboxylic acids is 1. The Labute approximate surface area is 93.9 Å². The fraction of sp³-hybridized carbons (Fsp3) is 0.667. The number of esters is 1. The molecule has 0 aliphatic heterocycles. The summed E-state index contributed by atoms with van der Waals surface area (Å²) in [6.07, 6.45) is 2.78. The lowest BCUT2D eigenvalue weighted by Gasteiger charge is -2.14. The molecule has 0 unspecified atom stereocenters. The maximum Gasteiger partial charge on any atom is 0.409 e. The van der Waals surface area contributed by atoms with Gasteiger partial charge in [0.2, 0.25) is 5.39 Å². The minimum atomic E-state index is -0.672. The fourth-order valence-corrected chi connectivity index (χ4v) is 1.15. The first kappa shape index (κ1) is 14.2. The fourth-order valence-electron chi connectivity index (χ4n) is 1.15. The molecule has 0 bridgehead atoms. The van der Waals surface area contributed by atoms with Gasteiger partial charge < -0.3 is 20.9 Å². The molecule has 0 heterocycles. The van der Waals surface area contributed by atoms with Crippen molar-refractivity contribution in [3.05, 3.63) is 17.1 Å². The zero-order chi connectivity index (χ0) is 12.4. The van der Waals surface area contributed by atoms with Crippen LogP contribution in [-0.2, 0) is 9.53 Å². The second kappa shape index (κ2) is 8.49. The highest BCUT2D eigenvalue weighted by Crippen LogP contribution is 2.04. The van der Waals surface area contributed by atoms with Crippen molar-refractivity contribution in [2.75, 3.05) is 13.7 Å². The summed E-state index contributed by atoms with van der Waals surface area (Å²) >= 11 is 0. The van der Waals surface area contributed by atoms with Crippen LogP contribution in [0.2, 0.25) is 0 Å². The van der Waals surface area contributed by atoms with E-state index in [1.165, 1.54) is 7.11 Å². The van der Waals surface area contributed by atoms with Gasteiger partial charge in [-0.1, -0.05) is 0 Å². The van der Waals surface area contributed by atoms with Crippen LogP contribution in [0.3, 0.4) is 0 Å². The summed E-state index contributed by atoms with van der Waals surface area (Å²) in [7, 11) is 1.26. The van der Waals surface area contributed by atoms with Crippen molar-refractivity contribution in [2.45, 2.75) is 25.3 Å². The lowest BCUT2D eigenvalue weighted by atomic mass is 10.1. The topological polar surface area (TPSA) is 113 Å². The van der Waals surface area contributed by atoms with Crippen molar-refractivity contribution in [3.8, 4) is 0 Å². The van der Waals surface area contributed by atoms with Gasteiger partial charge in [0.25, 0.3) is 5.88 Å². The normalized spacial score (nSPS) is 12.7. The SMILES string of the molecule is COC(=O)[C@H](CCCCN)N/C(O)=C/[N+]#N. The van der Waals surface area contributed by atoms with E-state index >= 15 is 0 Å². The molecule has 0 saturated heterocycles. The van der Waals surface area contributed by atoms with Gasteiger partial charge in [-0.3, -0.25) is 0 Å². The molecule has 1 atom stereocenters. The highest BCUT2D eigenvalue weighted by molar-refractivity contribution is 5.75. The Hall–Kier alpha value is -1.81. The summed E-state index contributed by atoms with van der Waals surface area (Å²) < 4.78 is 4.56. The van der Waals surface area contributed by atoms with Gasteiger partial charge in [0.1, 0.15) is 6.04 Å². The van der Waals surface area contributed by atoms with Crippen molar-refractivity contribution in [1.82, 2.24) is 5.32 Å².